The third-order valence-corrected chi connectivity index (χ3v) is 2.17. The van der Waals surface area contributed by atoms with Gasteiger partial charge in [0.25, 0.3) is 0 Å². The molecule has 98 valence electrons. The lowest BCUT2D eigenvalue weighted by molar-refractivity contribution is 0.474. The average molecular weight is 264 g/mol. The third-order valence-electron chi connectivity index (χ3n) is 2.17. The minimum Gasteiger partial charge on any atom is -0.507 e. The van der Waals surface area contributed by atoms with Crippen molar-refractivity contribution in [2.75, 3.05) is 0 Å². The number of nitrogens with two attached hydrogens (primary N) is 1. The molecule has 0 heterocycles. The van der Waals surface area contributed by atoms with Gasteiger partial charge in [-0.1, -0.05) is 18.2 Å². The summed E-state index contributed by atoms with van der Waals surface area (Å²) in [5.74, 6) is 0.134. The molecule has 0 spiro atoms. The number of benzene rings is 1. The van der Waals surface area contributed by atoms with Crippen molar-refractivity contribution in [1.82, 2.24) is 0 Å². The molecule has 0 saturated carbocycles. The van der Waals surface area contributed by atoms with Crippen LogP contribution in [-0.2, 0) is 0 Å². The Bertz CT molecular complexity index is 654. The van der Waals surface area contributed by atoms with Crippen LogP contribution < -0.4 is 5.73 Å². The van der Waals surface area contributed by atoms with Gasteiger partial charge in [0.05, 0.1) is 0 Å². The van der Waals surface area contributed by atoms with Crippen molar-refractivity contribution in [3.8, 4) is 17.9 Å². The first-order valence-electron chi connectivity index (χ1n) is 5.62. The molecule has 1 aromatic carbocycles. The molecule has 5 nitrogen and oxygen atoms in total. The van der Waals surface area contributed by atoms with Crippen molar-refractivity contribution in [2.24, 2.45) is 10.7 Å². The maximum Gasteiger partial charge on any atom is 0.129 e. The monoisotopic (exact) mass is 264 g/mol. The minimum absolute atomic E-state index is 0.00763. The Morgan fingerprint density at radius 1 is 1.25 bits per heavy atom. The van der Waals surface area contributed by atoms with Gasteiger partial charge in [-0.2, -0.15) is 10.5 Å². The van der Waals surface area contributed by atoms with Crippen LogP contribution >= 0.6 is 0 Å². The number of allylic oxidation sites excluding steroid dienone is 4. The number of phenols is 1. The van der Waals surface area contributed by atoms with Crippen LogP contribution in [0.25, 0.3) is 0 Å². The maximum atomic E-state index is 9.51. The molecule has 0 saturated heterocycles. The van der Waals surface area contributed by atoms with Crippen LogP contribution in [0, 0.1) is 22.7 Å². The zero-order valence-corrected chi connectivity index (χ0v) is 10.6. The van der Waals surface area contributed by atoms with Crippen LogP contribution in [0.3, 0.4) is 0 Å². The Balaban J connectivity index is 2.70. The smallest absolute Gasteiger partial charge is 0.129 e. The standard InChI is InChI=1S/C15H12N4O/c16-8-12(9-17)4-3-6-14(18)11-19-10-13-5-1-2-7-15(13)20/h1-7,10-11,20H,18H2/b6-3+,14-11-,19-10?. The highest BCUT2D eigenvalue weighted by Crippen LogP contribution is 2.12. The molecule has 0 atom stereocenters. The second-order valence-electron chi connectivity index (χ2n) is 3.63. The lowest BCUT2D eigenvalue weighted by atomic mass is 10.2. The first kappa shape index (κ1) is 14.7. The van der Waals surface area contributed by atoms with E-state index in [2.05, 4.69) is 4.99 Å². The van der Waals surface area contributed by atoms with E-state index in [9.17, 15) is 5.11 Å². The maximum absolute atomic E-state index is 9.51. The fourth-order valence-corrected chi connectivity index (χ4v) is 1.20. The molecule has 0 radical (unpaired) electrons. The van der Waals surface area contributed by atoms with Crippen LogP contribution in [0.1, 0.15) is 5.56 Å². The van der Waals surface area contributed by atoms with Crippen molar-refractivity contribution < 1.29 is 5.11 Å². The number of para-hydroxylation sites is 1. The van der Waals surface area contributed by atoms with E-state index in [0.29, 0.717) is 11.3 Å². The van der Waals surface area contributed by atoms with Crippen molar-refractivity contribution in [1.29, 1.82) is 10.5 Å². The highest BCUT2D eigenvalue weighted by atomic mass is 16.3. The summed E-state index contributed by atoms with van der Waals surface area (Å²) < 4.78 is 0. The van der Waals surface area contributed by atoms with Crippen LogP contribution in [0.15, 0.2) is 65.0 Å². The first-order valence-corrected chi connectivity index (χ1v) is 5.62. The number of hydrogen-bond acceptors (Lipinski definition) is 5. The Morgan fingerprint density at radius 2 is 1.95 bits per heavy atom. The summed E-state index contributed by atoms with van der Waals surface area (Å²) in [4.78, 5) is 3.97. The number of nitrogens with zero attached hydrogens (tertiary/aromatic N) is 3. The van der Waals surface area contributed by atoms with Gasteiger partial charge in [-0.05, 0) is 24.3 Å². The van der Waals surface area contributed by atoms with E-state index in [0.717, 1.165) is 0 Å². The Morgan fingerprint density at radius 3 is 2.60 bits per heavy atom. The molecule has 0 amide bonds. The highest BCUT2D eigenvalue weighted by Gasteiger charge is 1.93. The summed E-state index contributed by atoms with van der Waals surface area (Å²) in [6, 6.07) is 10.2. The molecule has 1 rings (SSSR count). The summed E-state index contributed by atoms with van der Waals surface area (Å²) in [6.07, 6.45) is 7.23. The molecule has 0 aliphatic carbocycles. The topological polar surface area (TPSA) is 106 Å². The van der Waals surface area contributed by atoms with Gasteiger partial charge in [-0.25, -0.2) is 0 Å². The van der Waals surface area contributed by atoms with Crippen molar-refractivity contribution in [3.63, 3.8) is 0 Å². The van der Waals surface area contributed by atoms with Gasteiger partial charge in [0.15, 0.2) is 0 Å². The van der Waals surface area contributed by atoms with E-state index in [1.54, 1.807) is 36.4 Å². The predicted octanol–water partition coefficient (Wildman–Crippen LogP) is 2.14. The van der Waals surface area contributed by atoms with Gasteiger partial charge < -0.3 is 10.8 Å². The fraction of sp³-hybridized carbons (Fsp3) is 0. The van der Waals surface area contributed by atoms with Crippen LogP contribution in [0.2, 0.25) is 0 Å². The number of phenolic OH excluding ortho intramolecular Hbond substituents is 1. The molecule has 0 aliphatic rings. The van der Waals surface area contributed by atoms with Crippen LogP contribution in [-0.4, -0.2) is 11.3 Å². The molecular weight excluding hydrogens is 252 g/mol. The second-order valence-corrected chi connectivity index (χ2v) is 3.63. The molecular formula is C15H12N4O. The number of aliphatic imine (C=N–C) groups is 1. The SMILES string of the molecule is N#CC(C#N)=C/C=C/C(N)=C/N=Cc1ccccc1O. The largest absolute Gasteiger partial charge is 0.507 e. The molecule has 0 aliphatic heterocycles. The van der Waals surface area contributed by atoms with E-state index < -0.39 is 0 Å². The van der Waals surface area contributed by atoms with Gasteiger partial charge in [-0.15, -0.1) is 0 Å². The van der Waals surface area contributed by atoms with Gasteiger partial charge in [0.1, 0.15) is 23.5 Å². The summed E-state index contributed by atoms with van der Waals surface area (Å²) in [5.41, 5.74) is 6.57. The Hall–Kier alpha value is -3.31. The highest BCUT2D eigenvalue weighted by molar-refractivity contribution is 5.83. The van der Waals surface area contributed by atoms with E-state index >= 15 is 0 Å². The van der Waals surface area contributed by atoms with Crippen LogP contribution in [0.5, 0.6) is 5.75 Å². The van der Waals surface area contributed by atoms with Crippen molar-refractivity contribution in [2.45, 2.75) is 0 Å². The molecule has 20 heavy (non-hydrogen) atoms. The number of aromatic hydroxyl groups is 1. The van der Waals surface area contributed by atoms with Crippen LogP contribution in [0.4, 0.5) is 0 Å². The summed E-state index contributed by atoms with van der Waals surface area (Å²) >= 11 is 0. The first-order chi connectivity index (χ1) is 9.67. The third kappa shape index (κ3) is 4.91. The van der Waals surface area contributed by atoms with E-state index in [1.165, 1.54) is 30.6 Å². The van der Waals surface area contributed by atoms with Crippen molar-refractivity contribution >= 4 is 6.21 Å². The molecule has 5 heteroatoms. The normalized spacial score (nSPS) is 11.2. The minimum atomic E-state index is -0.00763. The lowest BCUT2D eigenvalue weighted by Gasteiger charge is -1.95. The Labute approximate surface area is 116 Å². The molecule has 0 aromatic heterocycles. The summed E-state index contributed by atoms with van der Waals surface area (Å²) in [5, 5.41) is 26.5. The van der Waals surface area contributed by atoms with Gasteiger partial charge in [-0.3, -0.25) is 4.99 Å². The van der Waals surface area contributed by atoms with Gasteiger partial charge in [0.2, 0.25) is 0 Å². The van der Waals surface area contributed by atoms with E-state index in [1.807, 2.05) is 0 Å². The molecule has 1 aromatic rings. The summed E-state index contributed by atoms with van der Waals surface area (Å²) in [7, 11) is 0. The molecule has 3 N–H and O–H groups in total. The molecule has 0 unspecified atom stereocenters. The summed E-state index contributed by atoms with van der Waals surface area (Å²) in [6.45, 7) is 0. The Kier molecular flexibility index (Phi) is 5.83. The van der Waals surface area contributed by atoms with E-state index in [4.69, 9.17) is 16.3 Å². The second kappa shape index (κ2) is 7.91. The molecule has 0 bridgehead atoms. The number of nitriles is 2. The average Bonchev–Trinajstić information content (AvgIpc) is 2.46. The molecule has 0 fully saturated rings. The predicted molar refractivity (Wildman–Crippen MR) is 76.4 cm³/mol. The van der Waals surface area contributed by atoms with Gasteiger partial charge in [0, 0.05) is 23.7 Å². The zero-order valence-electron chi connectivity index (χ0n) is 10.6. The lowest BCUT2D eigenvalue weighted by Crippen LogP contribution is -1.91. The van der Waals surface area contributed by atoms with E-state index in [-0.39, 0.29) is 11.3 Å². The number of hydrogen-bond donors (Lipinski definition) is 2. The zero-order chi connectivity index (χ0) is 14.8. The van der Waals surface area contributed by atoms with Gasteiger partial charge >= 0.3 is 0 Å². The fourth-order valence-electron chi connectivity index (χ4n) is 1.20. The number of rotatable bonds is 4. The quantitative estimate of drug-likeness (QED) is 0.493. The van der Waals surface area contributed by atoms with Crippen molar-refractivity contribution in [3.05, 3.63) is 65.5 Å².